The van der Waals surface area contributed by atoms with Gasteiger partial charge in [0.15, 0.2) is 5.13 Å². The second kappa shape index (κ2) is 8.10. The lowest BCUT2D eigenvalue weighted by atomic mass is 9.90. The van der Waals surface area contributed by atoms with Crippen molar-refractivity contribution in [1.82, 2.24) is 9.88 Å². The summed E-state index contributed by atoms with van der Waals surface area (Å²) in [6, 6.07) is 4.44. The quantitative estimate of drug-likeness (QED) is 0.835. The summed E-state index contributed by atoms with van der Waals surface area (Å²) in [4.78, 5) is 34.3. The first kappa shape index (κ1) is 19.8. The maximum atomic E-state index is 13.5. The number of aromatic nitrogens is 1. The van der Waals surface area contributed by atoms with Crippen LogP contribution in [-0.4, -0.2) is 47.9 Å². The molecular formula is C21H25FN4O2S. The Balaban J connectivity index is 1.41. The highest BCUT2D eigenvalue weighted by molar-refractivity contribution is 7.15. The molecule has 29 heavy (non-hydrogen) atoms. The van der Waals surface area contributed by atoms with Gasteiger partial charge in [-0.2, -0.15) is 0 Å². The Morgan fingerprint density at radius 1 is 1.24 bits per heavy atom. The lowest BCUT2D eigenvalue weighted by Gasteiger charge is -2.33. The number of nitrogens with zero attached hydrogens (tertiary/aromatic N) is 3. The standard InChI is InChI=1S/C21H25FN4O2S/c1-13-3-5-16(22)12-18(13)23-20(28)15-4-6-17-19(11-15)29-21(24-17)26-9-7-25(8-10-26)14(2)27/h3,5,12,15H,4,6-11H2,1-2H3,(H,23,28)/t15-/m0/s1. The molecule has 0 saturated carbocycles. The molecule has 1 fully saturated rings. The highest BCUT2D eigenvalue weighted by Gasteiger charge is 2.29. The Morgan fingerprint density at radius 2 is 2.00 bits per heavy atom. The average molecular weight is 417 g/mol. The van der Waals surface area contributed by atoms with E-state index in [4.69, 9.17) is 4.98 Å². The normalized spacial score (nSPS) is 19.1. The SMILES string of the molecule is CC(=O)N1CCN(c2nc3c(s2)C[C@@H](C(=O)Nc2cc(F)ccc2C)CC3)CC1. The topological polar surface area (TPSA) is 65.5 Å². The number of aryl methyl sites for hydroxylation is 2. The van der Waals surface area contributed by atoms with Crippen LogP contribution in [0.2, 0.25) is 0 Å². The highest BCUT2D eigenvalue weighted by atomic mass is 32.1. The number of fused-ring (bicyclic) bond motifs is 1. The van der Waals surface area contributed by atoms with Crippen LogP contribution in [0.3, 0.4) is 0 Å². The molecule has 1 atom stereocenters. The van der Waals surface area contributed by atoms with Gasteiger partial charge in [0.1, 0.15) is 5.82 Å². The molecule has 1 N–H and O–H groups in total. The minimum atomic E-state index is -0.353. The molecule has 1 aromatic carbocycles. The summed E-state index contributed by atoms with van der Waals surface area (Å²) >= 11 is 1.66. The number of halogens is 1. The monoisotopic (exact) mass is 416 g/mol. The second-order valence-corrected chi connectivity index (χ2v) is 8.81. The van der Waals surface area contributed by atoms with Crippen LogP contribution in [0.1, 0.15) is 29.5 Å². The molecule has 2 aliphatic rings. The van der Waals surface area contributed by atoms with Crippen LogP contribution in [0.4, 0.5) is 15.2 Å². The molecule has 2 heterocycles. The molecule has 2 aromatic rings. The molecule has 1 aliphatic heterocycles. The summed E-state index contributed by atoms with van der Waals surface area (Å²) in [5, 5.41) is 3.88. The van der Waals surface area contributed by atoms with Crippen molar-refractivity contribution in [2.24, 2.45) is 5.92 Å². The molecular weight excluding hydrogens is 391 g/mol. The summed E-state index contributed by atoms with van der Waals surface area (Å²) < 4.78 is 13.5. The largest absolute Gasteiger partial charge is 0.345 e. The van der Waals surface area contributed by atoms with Crippen LogP contribution in [0.15, 0.2) is 18.2 Å². The van der Waals surface area contributed by atoms with E-state index < -0.39 is 0 Å². The van der Waals surface area contributed by atoms with Gasteiger partial charge in [-0.05, 0) is 43.9 Å². The highest BCUT2D eigenvalue weighted by Crippen LogP contribution is 2.35. The molecule has 0 bridgehead atoms. The zero-order valence-electron chi connectivity index (χ0n) is 16.7. The number of thiazole rings is 1. The van der Waals surface area contributed by atoms with Gasteiger partial charge < -0.3 is 15.1 Å². The fourth-order valence-corrected chi connectivity index (χ4v) is 5.13. The lowest BCUT2D eigenvalue weighted by molar-refractivity contribution is -0.129. The van der Waals surface area contributed by atoms with Gasteiger partial charge in [0.25, 0.3) is 0 Å². The molecule has 1 aromatic heterocycles. The molecule has 4 rings (SSSR count). The number of hydrogen-bond acceptors (Lipinski definition) is 5. The van der Waals surface area contributed by atoms with Crippen molar-refractivity contribution in [2.45, 2.75) is 33.1 Å². The van der Waals surface area contributed by atoms with Gasteiger partial charge in [-0.15, -0.1) is 11.3 Å². The Hall–Kier alpha value is -2.48. The van der Waals surface area contributed by atoms with Crippen LogP contribution in [-0.2, 0) is 22.4 Å². The average Bonchev–Trinajstić information content (AvgIpc) is 3.14. The van der Waals surface area contributed by atoms with E-state index >= 15 is 0 Å². The number of carbonyl (C=O) groups is 2. The van der Waals surface area contributed by atoms with Gasteiger partial charge in [-0.3, -0.25) is 9.59 Å². The molecule has 1 saturated heterocycles. The molecule has 1 aliphatic carbocycles. The van der Waals surface area contributed by atoms with Crippen molar-refractivity contribution in [2.75, 3.05) is 36.4 Å². The smallest absolute Gasteiger partial charge is 0.227 e. The van der Waals surface area contributed by atoms with Crippen LogP contribution in [0, 0.1) is 18.7 Å². The van der Waals surface area contributed by atoms with Gasteiger partial charge in [0.05, 0.1) is 5.69 Å². The number of carbonyl (C=O) groups excluding carboxylic acids is 2. The van der Waals surface area contributed by atoms with Gasteiger partial charge in [-0.1, -0.05) is 6.07 Å². The fourth-order valence-electron chi connectivity index (χ4n) is 3.90. The first-order chi connectivity index (χ1) is 13.9. The number of rotatable bonds is 3. The van der Waals surface area contributed by atoms with E-state index in [1.165, 1.54) is 12.1 Å². The van der Waals surface area contributed by atoms with E-state index in [1.54, 1.807) is 24.3 Å². The third kappa shape index (κ3) is 4.27. The zero-order valence-corrected chi connectivity index (χ0v) is 17.5. The molecule has 8 heteroatoms. The third-order valence-electron chi connectivity index (χ3n) is 5.75. The lowest BCUT2D eigenvalue weighted by Crippen LogP contribution is -2.48. The van der Waals surface area contributed by atoms with Crippen molar-refractivity contribution >= 4 is 34.0 Å². The molecule has 0 unspecified atom stereocenters. The molecule has 154 valence electrons. The number of piperazine rings is 1. The summed E-state index contributed by atoms with van der Waals surface area (Å²) in [6.45, 7) is 6.47. The predicted molar refractivity (Wildman–Crippen MR) is 112 cm³/mol. The van der Waals surface area contributed by atoms with Crippen LogP contribution < -0.4 is 10.2 Å². The zero-order chi connectivity index (χ0) is 20.5. The van der Waals surface area contributed by atoms with Gasteiger partial charge in [0, 0.05) is 49.6 Å². The summed E-state index contributed by atoms with van der Waals surface area (Å²) in [5.41, 5.74) is 2.47. The van der Waals surface area contributed by atoms with E-state index in [1.807, 2.05) is 11.8 Å². The van der Waals surface area contributed by atoms with Crippen LogP contribution in [0.25, 0.3) is 0 Å². The first-order valence-electron chi connectivity index (χ1n) is 9.97. The summed E-state index contributed by atoms with van der Waals surface area (Å²) in [6.07, 6.45) is 2.19. The number of hydrogen-bond donors (Lipinski definition) is 1. The van der Waals surface area contributed by atoms with Crippen molar-refractivity contribution in [3.8, 4) is 0 Å². The molecule has 6 nitrogen and oxygen atoms in total. The van der Waals surface area contributed by atoms with Crippen molar-refractivity contribution in [3.63, 3.8) is 0 Å². The Morgan fingerprint density at radius 3 is 2.72 bits per heavy atom. The number of benzene rings is 1. The van der Waals surface area contributed by atoms with Crippen molar-refractivity contribution < 1.29 is 14.0 Å². The fraction of sp³-hybridized carbons (Fsp3) is 0.476. The Kier molecular flexibility index (Phi) is 5.54. The molecule has 0 radical (unpaired) electrons. The number of amides is 2. The summed E-state index contributed by atoms with van der Waals surface area (Å²) in [5.74, 6) is -0.429. The van der Waals surface area contributed by atoms with Crippen LogP contribution in [0.5, 0.6) is 0 Å². The predicted octanol–water partition coefficient (Wildman–Crippen LogP) is 3.00. The minimum absolute atomic E-state index is 0.0608. The Labute approximate surface area is 173 Å². The van der Waals surface area contributed by atoms with E-state index in [9.17, 15) is 14.0 Å². The first-order valence-corrected chi connectivity index (χ1v) is 10.8. The minimum Gasteiger partial charge on any atom is -0.345 e. The third-order valence-corrected chi connectivity index (χ3v) is 6.93. The molecule has 2 amide bonds. The number of nitrogens with one attached hydrogen (secondary N) is 1. The van der Waals surface area contributed by atoms with Gasteiger partial charge in [-0.25, -0.2) is 9.37 Å². The van der Waals surface area contributed by atoms with Gasteiger partial charge >= 0.3 is 0 Å². The maximum Gasteiger partial charge on any atom is 0.227 e. The molecule has 0 spiro atoms. The summed E-state index contributed by atoms with van der Waals surface area (Å²) in [7, 11) is 0. The second-order valence-electron chi connectivity index (χ2n) is 7.75. The Bertz CT molecular complexity index is 937. The van der Waals surface area contributed by atoms with E-state index in [0.717, 1.165) is 60.3 Å². The van der Waals surface area contributed by atoms with Crippen LogP contribution >= 0.6 is 11.3 Å². The van der Waals surface area contributed by atoms with E-state index in [2.05, 4.69) is 10.2 Å². The van der Waals surface area contributed by atoms with E-state index in [-0.39, 0.29) is 23.5 Å². The van der Waals surface area contributed by atoms with Crippen molar-refractivity contribution in [3.05, 3.63) is 40.2 Å². The van der Waals surface area contributed by atoms with Gasteiger partial charge in [0.2, 0.25) is 11.8 Å². The maximum absolute atomic E-state index is 13.5. The van der Waals surface area contributed by atoms with Crippen molar-refractivity contribution in [1.29, 1.82) is 0 Å². The van der Waals surface area contributed by atoms with E-state index in [0.29, 0.717) is 12.1 Å². The number of anilines is 2.